The summed E-state index contributed by atoms with van der Waals surface area (Å²) in [7, 11) is 0. The number of benzene rings is 1. The van der Waals surface area contributed by atoms with Crippen LogP contribution in [0.2, 0.25) is 5.02 Å². The lowest BCUT2D eigenvalue weighted by molar-refractivity contribution is 0.0953. The Morgan fingerprint density at radius 1 is 1.38 bits per heavy atom. The molecule has 90 valence electrons. The molecule has 0 aliphatic heterocycles. The number of hydrogen-bond acceptors (Lipinski definition) is 2. The smallest absolute Gasteiger partial charge is 0.251 e. The summed E-state index contributed by atoms with van der Waals surface area (Å²) in [6.07, 6.45) is 1.83. The third-order valence-corrected chi connectivity index (χ3v) is 2.24. The van der Waals surface area contributed by atoms with Crippen molar-refractivity contribution in [2.45, 2.75) is 12.8 Å². The summed E-state index contributed by atoms with van der Waals surface area (Å²) < 4.78 is 0. The van der Waals surface area contributed by atoms with Gasteiger partial charge in [-0.2, -0.15) is 0 Å². The molecular formula is C11H16Cl2N2O. The molecule has 0 saturated heterocycles. The van der Waals surface area contributed by atoms with Crippen molar-refractivity contribution in [3.63, 3.8) is 0 Å². The van der Waals surface area contributed by atoms with Crippen LogP contribution in [0.25, 0.3) is 0 Å². The summed E-state index contributed by atoms with van der Waals surface area (Å²) >= 11 is 5.78. The lowest BCUT2D eigenvalue weighted by Crippen LogP contribution is -2.24. The van der Waals surface area contributed by atoms with E-state index in [1.54, 1.807) is 24.3 Å². The van der Waals surface area contributed by atoms with Gasteiger partial charge in [0.15, 0.2) is 0 Å². The maximum atomic E-state index is 11.6. The number of carbonyl (C=O) groups excluding carboxylic acids is 1. The van der Waals surface area contributed by atoms with E-state index >= 15 is 0 Å². The highest BCUT2D eigenvalue weighted by molar-refractivity contribution is 6.30. The van der Waals surface area contributed by atoms with Crippen molar-refractivity contribution in [1.82, 2.24) is 5.32 Å². The lowest BCUT2D eigenvalue weighted by Gasteiger charge is -2.04. The number of halogens is 2. The monoisotopic (exact) mass is 262 g/mol. The van der Waals surface area contributed by atoms with E-state index < -0.39 is 0 Å². The molecule has 0 radical (unpaired) electrons. The van der Waals surface area contributed by atoms with Gasteiger partial charge in [0.25, 0.3) is 5.91 Å². The fraction of sp³-hybridized carbons (Fsp3) is 0.364. The van der Waals surface area contributed by atoms with Crippen molar-refractivity contribution in [2.75, 3.05) is 13.1 Å². The minimum absolute atomic E-state index is 0. The fourth-order valence-corrected chi connectivity index (χ4v) is 1.39. The van der Waals surface area contributed by atoms with Crippen LogP contribution in [0.1, 0.15) is 23.2 Å². The SMILES string of the molecule is Cl.NCCCCNC(=O)c1cccc(Cl)c1. The van der Waals surface area contributed by atoms with Crippen molar-refractivity contribution in [3.8, 4) is 0 Å². The second-order valence-electron chi connectivity index (χ2n) is 3.26. The Balaban J connectivity index is 0.00000225. The van der Waals surface area contributed by atoms with E-state index in [2.05, 4.69) is 5.32 Å². The first-order valence-electron chi connectivity index (χ1n) is 4.98. The molecule has 0 saturated carbocycles. The number of unbranched alkanes of at least 4 members (excludes halogenated alkanes) is 1. The fourth-order valence-electron chi connectivity index (χ4n) is 1.20. The van der Waals surface area contributed by atoms with Gasteiger partial charge in [-0.15, -0.1) is 12.4 Å². The highest BCUT2D eigenvalue weighted by atomic mass is 35.5. The van der Waals surface area contributed by atoms with E-state index in [1.165, 1.54) is 0 Å². The summed E-state index contributed by atoms with van der Waals surface area (Å²) in [6.45, 7) is 1.32. The molecule has 1 aromatic rings. The molecule has 3 nitrogen and oxygen atoms in total. The number of amides is 1. The Kier molecular flexibility index (Phi) is 7.99. The van der Waals surface area contributed by atoms with Crippen LogP contribution in [0.4, 0.5) is 0 Å². The van der Waals surface area contributed by atoms with Gasteiger partial charge in [-0.3, -0.25) is 4.79 Å². The molecule has 1 amide bonds. The summed E-state index contributed by atoms with van der Waals surface area (Å²) in [5.74, 6) is -0.0884. The van der Waals surface area contributed by atoms with Gasteiger partial charge in [0.05, 0.1) is 0 Å². The van der Waals surface area contributed by atoms with Gasteiger partial charge in [-0.05, 0) is 37.6 Å². The maximum absolute atomic E-state index is 11.6. The van der Waals surface area contributed by atoms with Crippen LogP contribution in [0, 0.1) is 0 Å². The molecule has 3 N–H and O–H groups in total. The topological polar surface area (TPSA) is 55.1 Å². The first-order valence-corrected chi connectivity index (χ1v) is 5.35. The van der Waals surface area contributed by atoms with Gasteiger partial charge in [0.1, 0.15) is 0 Å². The molecule has 0 aliphatic carbocycles. The van der Waals surface area contributed by atoms with Gasteiger partial charge >= 0.3 is 0 Å². The van der Waals surface area contributed by atoms with Gasteiger partial charge in [0.2, 0.25) is 0 Å². The summed E-state index contributed by atoms with van der Waals surface area (Å²) in [5, 5.41) is 3.38. The Bertz CT molecular complexity index is 332. The van der Waals surface area contributed by atoms with Gasteiger partial charge < -0.3 is 11.1 Å². The predicted molar refractivity (Wildman–Crippen MR) is 69.3 cm³/mol. The molecule has 5 heteroatoms. The summed E-state index contributed by atoms with van der Waals surface area (Å²) in [5.41, 5.74) is 5.94. The second kappa shape index (κ2) is 8.39. The van der Waals surface area contributed by atoms with Gasteiger partial charge in [0, 0.05) is 17.1 Å². The Labute approximate surface area is 107 Å². The number of carbonyl (C=O) groups is 1. The van der Waals surface area contributed by atoms with Crippen molar-refractivity contribution in [1.29, 1.82) is 0 Å². The molecule has 0 bridgehead atoms. The molecule has 0 aliphatic rings. The second-order valence-corrected chi connectivity index (χ2v) is 3.70. The number of nitrogens with two attached hydrogens (primary N) is 1. The van der Waals surface area contributed by atoms with Gasteiger partial charge in [-0.1, -0.05) is 17.7 Å². The van der Waals surface area contributed by atoms with E-state index in [0.29, 0.717) is 23.7 Å². The predicted octanol–water partition coefficient (Wildman–Crippen LogP) is 2.23. The Morgan fingerprint density at radius 2 is 2.12 bits per heavy atom. The minimum Gasteiger partial charge on any atom is -0.352 e. The van der Waals surface area contributed by atoms with E-state index in [1.807, 2.05) is 0 Å². The van der Waals surface area contributed by atoms with Crippen LogP contribution >= 0.6 is 24.0 Å². The molecule has 0 heterocycles. The van der Waals surface area contributed by atoms with E-state index in [4.69, 9.17) is 17.3 Å². The van der Waals surface area contributed by atoms with Crippen LogP contribution in [0.3, 0.4) is 0 Å². The van der Waals surface area contributed by atoms with E-state index in [9.17, 15) is 4.79 Å². The molecule has 0 atom stereocenters. The van der Waals surface area contributed by atoms with Gasteiger partial charge in [-0.25, -0.2) is 0 Å². The standard InChI is InChI=1S/C11H15ClN2O.ClH/c12-10-5-3-4-9(8-10)11(15)14-7-2-1-6-13;/h3-5,8H,1-2,6-7,13H2,(H,14,15);1H. The Morgan fingerprint density at radius 3 is 2.75 bits per heavy atom. The van der Waals surface area contributed by atoms with Crippen molar-refractivity contribution < 1.29 is 4.79 Å². The zero-order valence-corrected chi connectivity index (χ0v) is 10.5. The molecule has 0 spiro atoms. The minimum atomic E-state index is -0.0884. The molecule has 1 rings (SSSR count). The number of hydrogen-bond donors (Lipinski definition) is 2. The van der Waals surface area contributed by atoms with E-state index in [0.717, 1.165) is 12.8 Å². The number of nitrogens with one attached hydrogen (secondary N) is 1. The first kappa shape index (κ1) is 15.2. The van der Waals surface area contributed by atoms with Crippen LogP contribution < -0.4 is 11.1 Å². The average Bonchev–Trinajstić information content (AvgIpc) is 2.24. The molecule has 1 aromatic carbocycles. The third-order valence-electron chi connectivity index (χ3n) is 2.00. The largest absolute Gasteiger partial charge is 0.352 e. The molecule has 0 unspecified atom stereocenters. The summed E-state index contributed by atoms with van der Waals surface area (Å²) in [4.78, 5) is 11.6. The van der Waals surface area contributed by atoms with Crippen molar-refractivity contribution in [2.24, 2.45) is 5.73 Å². The number of rotatable bonds is 5. The highest BCUT2D eigenvalue weighted by Crippen LogP contribution is 2.10. The summed E-state index contributed by atoms with van der Waals surface area (Å²) in [6, 6.07) is 6.90. The highest BCUT2D eigenvalue weighted by Gasteiger charge is 2.03. The maximum Gasteiger partial charge on any atom is 0.251 e. The Hall–Kier alpha value is -0.770. The van der Waals surface area contributed by atoms with Crippen LogP contribution in [0.5, 0.6) is 0 Å². The molecule has 16 heavy (non-hydrogen) atoms. The van der Waals surface area contributed by atoms with Crippen LogP contribution in [0.15, 0.2) is 24.3 Å². The molecule has 0 fully saturated rings. The molecular weight excluding hydrogens is 247 g/mol. The normalized spacial score (nSPS) is 9.38. The van der Waals surface area contributed by atoms with Crippen molar-refractivity contribution in [3.05, 3.63) is 34.9 Å². The third kappa shape index (κ3) is 5.35. The van der Waals surface area contributed by atoms with Crippen molar-refractivity contribution >= 4 is 29.9 Å². The van der Waals surface area contributed by atoms with Crippen LogP contribution in [-0.2, 0) is 0 Å². The lowest BCUT2D eigenvalue weighted by atomic mass is 10.2. The zero-order chi connectivity index (χ0) is 11.1. The van der Waals surface area contributed by atoms with Crippen LogP contribution in [-0.4, -0.2) is 19.0 Å². The first-order chi connectivity index (χ1) is 7.24. The zero-order valence-electron chi connectivity index (χ0n) is 8.91. The average molecular weight is 263 g/mol. The van der Waals surface area contributed by atoms with E-state index in [-0.39, 0.29) is 18.3 Å². The molecule has 0 aromatic heterocycles. The quantitative estimate of drug-likeness (QED) is 0.800.